The van der Waals surface area contributed by atoms with Crippen LogP contribution in [0.25, 0.3) is 6.08 Å². The summed E-state index contributed by atoms with van der Waals surface area (Å²) >= 11 is 0. The van der Waals surface area contributed by atoms with Gasteiger partial charge in [-0.15, -0.1) is 0 Å². The summed E-state index contributed by atoms with van der Waals surface area (Å²) in [5.41, 5.74) is -1.11. The quantitative estimate of drug-likeness (QED) is 0.295. The zero-order valence-corrected chi connectivity index (χ0v) is 18.2. The first-order chi connectivity index (χ1) is 14.9. The number of nitro groups is 1. The number of hydrogen-bond acceptors (Lipinski definition) is 8. The predicted molar refractivity (Wildman–Crippen MR) is 111 cm³/mol. The van der Waals surface area contributed by atoms with E-state index in [9.17, 15) is 20.6 Å². The molecule has 1 saturated carbocycles. The third-order valence-corrected chi connectivity index (χ3v) is 5.20. The molecule has 1 aromatic rings. The molecule has 31 heavy (non-hydrogen) atoms. The standard InChI is InChI=1S/C22H27N3O6/c1-5-28-21(29-6-2)19(14-11-17-9-12-18(13-10-17)25(26)27)20(15-23,16-24)22(21,30-7-3)31-8-4/h9-14,19H,5-8H2,1-4H3. The minimum atomic E-state index is -1.75. The molecular weight excluding hydrogens is 402 g/mol. The zero-order valence-electron chi connectivity index (χ0n) is 18.2. The highest BCUT2D eigenvalue weighted by Crippen LogP contribution is 2.66. The van der Waals surface area contributed by atoms with Crippen LogP contribution >= 0.6 is 0 Å². The van der Waals surface area contributed by atoms with Gasteiger partial charge in [0.2, 0.25) is 11.2 Å². The van der Waals surface area contributed by atoms with Crippen molar-refractivity contribution in [3.8, 4) is 12.1 Å². The lowest BCUT2D eigenvalue weighted by molar-refractivity contribution is -0.505. The summed E-state index contributed by atoms with van der Waals surface area (Å²) in [5, 5.41) is 31.1. The zero-order chi connectivity index (χ0) is 23.1. The van der Waals surface area contributed by atoms with Crippen LogP contribution in [0.15, 0.2) is 30.3 Å². The fourth-order valence-corrected chi connectivity index (χ4v) is 4.11. The minimum absolute atomic E-state index is 0.0334. The van der Waals surface area contributed by atoms with Gasteiger partial charge in [0.15, 0.2) is 0 Å². The number of nitro benzene ring substituents is 1. The van der Waals surface area contributed by atoms with Crippen molar-refractivity contribution in [1.29, 1.82) is 10.5 Å². The predicted octanol–water partition coefficient (Wildman–Crippen LogP) is 3.81. The van der Waals surface area contributed by atoms with Crippen LogP contribution in [0.5, 0.6) is 0 Å². The highest BCUT2D eigenvalue weighted by Gasteiger charge is 2.86. The first-order valence-electron chi connectivity index (χ1n) is 10.2. The SMILES string of the molecule is CCOC1(OCC)C(C=Cc2ccc([N+](=O)[O-])cc2)C(C#N)(C#N)C1(OCC)OCC. The van der Waals surface area contributed by atoms with Gasteiger partial charge in [-0.3, -0.25) is 10.1 Å². The second-order valence-corrected chi connectivity index (χ2v) is 6.73. The normalized spacial score (nSPS) is 20.5. The number of ether oxygens (including phenoxy) is 4. The molecule has 9 heteroatoms. The maximum atomic E-state index is 10.9. The molecule has 0 saturated heterocycles. The van der Waals surface area contributed by atoms with Crippen LogP contribution in [0.3, 0.4) is 0 Å². The smallest absolute Gasteiger partial charge is 0.269 e. The number of rotatable bonds is 11. The van der Waals surface area contributed by atoms with E-state index in [-0.39, 0.29) is 32.1 Å². The van der Waals surface area contributed by atoms with E-state index in [1.54, 1.807) is 52.0 Å². The molecule has 0 bridgehead atoms. The second-order valence-electron chi connectivity index (χ2n) is 6.73. The van der Waals surface area contributed by atoms with E-state index in [1.165, 1.54) is 12.1 Å². The van der Waals surface area contributed by atoms with Crippen molar-refractivity contribution in [1.82, 2.24) is 0 Å². The fourth-order valence-electron chi connectivity index (χ4n) is 4.11. The van der Waals surface area contributed by atoms with E-state index in [0.29, 0.717) is 5.56 Å². The van der Waals surface area contributed by atoms with Crippen LogP contribution in [0.1, 0.15) is 33.3 Å². The van der Waals surface area contributed by atoms with E-state index in [2.05, 4.69) is 12.1 Å². The van der Waals surface area contributed by atoms with E-state index in [4.69, 9.17) is 18.9 Å². The first-order valence-corrected chi connectivity index (χ1v) is 10.2. The van der Waals surface area contributed by atoms with Gasteiger partial charge in [-0.05, 0) is 45.4 Å². The summed E-state index contributed by atoms with van der Waals surface area (Å²) in [7, 11) is 0. The first kappa shape index (κ1) is 24.4. The highest BCUT2D eigenvalue weighted by atomic mass is 16.8. The van der Waals surface area contributed by atoms with Crippen LogP contribution in [0.2, 0.25) is 0 Å². The Morgan fingerprint density at radius 3 is 1.84 bits per heavy atom. The van der Waals surface area contributed by atoms with Gasteiger partial charge in [-0.25, -0.2) is 0 Å². The Kier molecular flexibility index (Phi) is 7.88. The Balaban J connectivity index is 2.61. The molecule has 0 amide bonds. The van der Waals surface area contributed by atoms with Gasteiger partial charge in [0, 0.05) is 38.6 Å². The Morgan fingerprint density at radius 2 is 1.45 bits per heavy atom. The van der Waals surface area contributed by atoms with Crippen molar-refractivity contribution in [3.63, 3.8) is 0 Å². The van der Waals surface area contributed by atoms with Gasteiger partial charge in [-0.1, -0.05) is 12.2 Å². The molecule has 0 N–H and O–H groups in total. The van der Waals surface area contributed by atoms with Crippen molar-refractivity contribution in [2.75, 3.05) is 26.4 Å². The molecule has 1 unspecified atom stereocenters. The average Bonchev–Trinajstić information content (AvgIpc) is 2.76. The number of benzene rings is 1. The molecule has 1 aliphatic carbocycles. The van der Waals surface area contributed by atoms with Crippen LogP contribution in [-0.2, 0) is 18.9 Å². The van der Waals surface area contributed by atoms with Crippen molar-refractivity contribution >= 4 is 11.8 Å². The summed E-state index contributed by atoms with van der Waals surface area (Å²) in [6.07, 6.45) is 3.32. The van der Waals surface area contributed by atoms with Crippen molar-refractivity contribution in [3.05, 3.63) is 46.0 Å². The minimum Gasteiger partial charge on any atom is -0.345 e. The lowest BCUT2D eigenvalue weighted by Gasteiger charge is -2.65. The topological polar surface area (TPSA) is 128 Å². The van der Waals surface area contributed by atoms with Gasteiger partial charge >= 0.3 is 0 Å². The molecule has 1 aromatic carbocycles. The number of hydrogen-bond donors (Lipinski definition) is 0. The van der Waals surface area contributed by atoms with Crippen molar-refractivity contribution in [2.45, 2.75) is 39.3 Å². The Labute approximate surface area is 181 Å². The maximum absolute atomic E-state index is 10.9. The van der Waals surface area contributed by atoms with E-state index >= 15 is 0 Å². The van der Waals surface area contributed by atoms with E-state index in [0.717, 1.165) is 0 Å². The summed E-state index contributed by atoms with van der Waals surface area (Å²) in [5.74, 6) is -4.11. The molecule has 0 spiro atoms. The molecule has 0 aliphatic heterocycles. The van der Waals surface area contributed by atoms with Crippen LogP contribution < -0.4 is 0 Å². The number of nitrogens with zero attached hydrogens (tertiary/aromatic N) is 3. The Bertz CT molecular complexity index is 858. The maximum Gasteiger partial charge on any atom is 0.269 e. The monoisotopic (exact) mass is 429 g/mol. The van der Waals surface area contributed by atoms with E-state index < -0.39 is 27.8 Å². The molecule has 1 fully saturated rings. The second kappa shape index (κ2) is 9.99. The van der Waals surface area contributed by atoms with Crippen molar-refractivity contribution < 1.29 is 23.9 Å². The molecule has 1 atom stereocenters. The summed E-state index contributed by atoms with van der Waals surface area (Å²) in [6.45, 7) is 7.84. The van der Waals surface area contributed by atoms with Gasteiger partial charge in [0.1, 0.15) is 0 Å². The third-order valence-electron chi connectivity index (χ3n) is 5.20. The summed E-state index contributed by atoms with van der Waals surface area (Å²) < 4.78 is 23.9. The van der Waals surface area contributed by atoms with Crippen LogP contribution in [0.4, 0.5) is 5.69 Å². The highest BCUT2D eigenvalue weighted by molar-refractivity contribution is 5.54. The van der Waals surface area contributed by atoms with Crippen LogP contribution in [0, 0.1) is 44.1 Å². The lowest BCUT2D eigenvalue weighted by atomic mass is 9.51. The van der Waals surface area contributed by atoms with Gasteiger partial charge in [0.05, 0.1) is 23.0 Å². The average molecular weight is 429 g/mol. The number of nitriles is 2. The van der Waals surface area contributed by atoms with Gasteiger partial charge < -0.3 is 18.9 Å². The molecular formula is C22H27N3O6. The molecule has 1 aliphatic rings. The molecule has 9 nitrogen and oxygen atoms in total. The Hall–Kier alpha value is -2.82. The molecule has 0 aromatic heterocycles. The summed E-state index contributed by atoms with van der Waals surface area (Å²) in [4.78, 5) is 10.4. The van der Waals surface area contributed by atoms with E-state index in [1.807, 2.05) is 0 Å². The molecule has 166 valence electrons. The van der Waals surface area contributed by atoms with Gasteiger partial charge in [0.25, 0.3) is 11.5 Å². The van der Waals surface area contributed by atoms with Gasteiger partial charge in [-0.2, -0.15) is 10.5 Å². The number of non-ortho nitro benzene ring substituents is 1. The lowest BCUT2D eigenvalue weighted by Crippen LogP contribution is -2.84. The third kappa shape index (κ3) is 3.71. The molecule has 0 heterocycles. The molecule has 2 rings (SSSR count). The van der Waals surface area contributed by atoms with Crippen molar-refractivity contribution in [2.24, 2.45) is 11.3 Å². The summed E-state index contributed by atoms with van der Waals surface area (Å²) in [6, 6.07) is 10.1. The fraction of sp³-hybridized carbons (Fsp3) is 0.545. The van der Waals surface area contributed by atoms with Crippen LogP contribution in [-0.4, -0.2) is 42.9 Å². The molecule has 0 radical (unpaired) electrons. The Morgan fingerprint density at radius 1 is 0.968 bits per heavy atom. The largest absolute Gasteiger partial charge is 0.345 e.